The van der Waals surface area contributed by atoms with E-state index in [1.54, 1.807) is 23.0 Å². The minimum atomic E-state index is -0.581. The molecule has 4 N–H and O–H groups in total. The number of nitrogens with one attached hydrogen (secondary N) is 2. The summed E-state index contributed by atoms with van der Waals surface area (Å²) in [7, 11) is 1.83. The molecule has 1 heterocycles. The Bertz CT molecular complexity index is 550. The third kappa shape index (κ3) is 2.97. The van der Waals surface area contributed by atoms with Crippen LogP contribution in [0.3, 0.4) is 0 Å². The van der Waals surface area contributed by atoms with Gasteiger partial charge >= 0.3 is 6.03 Å². The van der Waals surface area contributed by atoms with Crippen molar-refractivity contribution in [3.63, 3.8) is 0 Å². The van der Waals surface area contributed by atoms with Crippen LogP contribution in [0.2, 0.25) is 0 Å². The zero-order valence-electron chi connectivity index (χ0n) is 9.92. The number of carbonyl (C=O) groups is 1. The minimum Gasteiger partial charge on any atom is -0.379 e. The number of aromatic nitrogens is 3. The molecule has 1 aromatic carbocycles. The van der Waals surface area contributed by atoms with Crippen LogP contribution in [0.5, 0.6) is 0 Å². The molecule has 2 amide bonds. The molecule has 0 aliphatic heterocycles. The van der Waals surface area contributed by atoms with Crippen molar-refractivity contribution in [2.24, 2.45) is 12.8 Å². The summed E-state index contributed by atoms with van der Waals surface area (Å²) in [5, 5.41) is 13.4. The lowest BCUT2D eigenvalue weighted by Gasteiger charge is -2.08. The van der Waals surface area contributed by atoms with Crippen molar-refractivity contribution in [1.29, 1.82) is 0 Å². The van der Waals surface area contributed by atoms with Gasteiger partial charge in [0.15, 0.2) is 0 Å². The number of benzene rings is 1. The smallest absolute Gasteiger partial charge is 0.316 e. The van der Waals surface area contributed by atoms with Gasteiger partial charge in [-0.1, -0.05) is 11.3 Å². The van der Waals surface area contributed by atoms with E-state index in [0.717, 1.165) is 11.4 Å². The average Bonchev–Trinajstić information content (AvgIpc) is 2.72. The molecular formula is C11H14N6O. The number of anilines is 2. The summed E-state index contributed by atoms with van der Waals surface area (Å²) < 4.78 is 1.69. The molecule has 2 rings (SSSR count). The van der Waals surface area contributed by atoms with Crippen molar-refractivity contribution in [1.82, 2.24) is 15.0 Å². The molecular weight excluding hydrogens is 232 g/mol. The van der Waals surface area contributed by atoms with Gasteiger partial charge in [-0.05, 0) is 18.2 Å². The first-order valence-corrected chi connectivity index (χ1v) is 5.39. The molecule has 0 aliphatic carbocycles. The third-order valence-electron chi connectivity index (χ3n) is 2.41. The summed E-state index contributed by atoms with van der Waals surface area (Å²) in [6.45, 7) is 0.601. The lowest BCUT2D eigenvalue weighted by molar-refractivity contribution is 0.259. The fraction of sp³-hybridized carbons (Fsp3) is 0.182. The van der Waals surface area contributed by atoms with Gasteiger partial charge in [0.05, 0.1) is 18.4 Å². The number of primary amides is 1. The molecule has 0 atom stereocenters. The lowest BCUT2D eigenvalue weighted by atomic mass is 10.2. The van der Waals surface area contributed by atoms with Crippen LogP contribution < -0.4 is 16.4 Å². The van der Waals surface area contributed by atoms with E-state index in [2.05, 4.69) is 20.9 Å². The van der Waals surface area contributed by atoms with Crippen molar-refractivity contribution < 1.29 is 4.79 Å². The van der Waals surface area contributed by atoms with Gasteiger partial charge in [0.25, 0.3) is 0 Å². The van der Waals surface area contributed by atoms with Gasteiger partial charge in [0.2, 0.25) is 0 Å². The third-order valence-corrected chi connectivity index (χ3v) is 2.41. The topological polar surface area (TPSA) is 97.9 Å². The maximum atomic E-state index is 10.7. The summed E-state index contributed by atoms with van der Waals surface area (Å²) in [5.41, 5.74) is 7.54. The number of nitrogens with two attached hydrogens (primary N) is 1. The number of urea groups is 1. The van der Waals surface area contributed by atoms with Crippen LogP contribution in [0, 0.1) is 0 Å². The maximum Gasteiger partial charge on any atom is 0.316 e. The first-order valence-electron chi connectivity index (χ1n) is 5.39. The number of hydrogen-bond donors (Lipinski definition) is 3. The van der Waals surface area contributed by atoms with E-state index in [0.29, 0.717) is 12.2 Å². The van der Waals surface area contributed by atoms with Crippen LogP contribution in [-0.4, -0.2) is 21.0 Å². The Hall–Kier alpha value is -2.57. The summed E-state index contributed by atoms with van der Waals surface area (Å²) in [6.07, 6.45) is 1.69. The molecule has 0 bridgehead atoms. The fourth-order valence-electron chi connectivity index (χ4n) is 1.51. The fourth-order valence-corrected chi connectivity index (χ4v) is 1.51. The molecule has 0 unspecified atom stereocenters. The SMILES string of the molecule is Cn1nncc1CNc1cccc(NC(N)=O)c1. The van der Waals surface area contributed by atoms with Crippen molar-refractivity contribution in [3.8, 4) is 0 Å². The van der Waals surface area contributed by atoms with E-state index in [1.807, 2.05) is 19.2 Å². The Balaban J connectivity index is 2.01. The Morgan fingerprint density at radius 1 is 1.44 bits per heavy atom. The Labute approximate surface area is 104 Å². The van der Waals surface area contributed by atoms with E-state index in [-0.39, 0.29) is 0 Å². The maximum absolute atomic E-state index is 10.7. The van der Waals surface area contributed by atoms with Crippen LogP contribution in [-0.2, 0) is 13.6 Å². The van der Waals surface area contributed by atoms with E-state index in [1.165, 1.54) is 0 Å². The van der Waals surface area contributed by atoms with Crippen LogP contribution in [0.25, 0.3) is 0 Å². The summed E-state index contributed by atoms with van der Waals surface area (Å²) in [6, 6.07) is 6.71. The van der Waals surface area contributed by atoms with Gasteiger partial charge in [-0.2, -0.15) is 0 Å². The Morgan fingerprint density at radius 3 is 2.89 bits per heavy atom. The molecule has 7 heteroatoms. The Kier molecular flexibility index (Phi) is 3.42. The number of aryl methyl sites for hydroxylation is 1. The molecule has 1 aromatic heterocycles. The number of rotatable bonds is 4. The monoisotopic (exact) mass is 246 g/mol. The molecule has 0 aliphatic rings. The largest absolute Gasteiger partial charge is 0.379 e. The van der Waals surface area contributed by atoms with Crippen molar-refractivity contribution in [2.45, 2.75) is 6.54 Å². The predicted octanol–water partition coefficient (Wildman–Crippen LogP) is 0.918. The standard InChI is InChI=1S/C11H14N6O/c1-17-10(7-14-16-17)6-13-8-3-2-4-9(5-8)15-11(12)18/h2-5,7,13H,6H2,1H3,(H3,12,15,18). The van der Waals surface area contributed by atoms with Gasteiger partial charge in [-0.15, -0.1) is 5.10 Å². The number of nitrogens with zero attached hydrogens (tertiary/aromatic N) is 3. The molecule has 18 heavy (non-hydrogen) atoms. The average molecular weight is 246 g/mol. The molecule has 0 fully saturated rings. The Morgan fingerprint density at radius 2 is 2.22 bits per heavy atom. The number of hydrogen-bond acceptors (Lipinski definition) is 4. The first-order chi connectivity index (χ1) is 8.65. The van der Waals surface area contributed by atoms with Gasteiger partial charge in [0.1, 0.15) is 0 Å². The second-order valence-electron chi connectivity index (χ2n) is 3.77. The minimum absolute atomic E-state index is 0.581. The molecule has 0 spiro atoms. The highest BCUT2D eigenvalue weighted by atomic mass is 16.2. The van der Waals surface area contributed by atoms with Crippen LogP contribution in [0.15, 0.2) is 30.5 Å². The van der Waals surface area contributed by atoms with E-state index < -0.39 is 6.03 Å². The zero-order valence-corrected chi connectivity index (χ0v) is 9.92. The molecule has 0 saturated heterocycles. The highest BCUT2D eigenvalue weighted by molar-refractivity contribution is 5.88. The molecule has 0 saturated carbocycles. The van der Waals surface area contributed by atoms with Crippen LogP contribution >= 0.6 is 0 Å². The van der Waals surface area contributed by atoms with Crippen molar-refractivity contribution >= 4 is 17.4 Å². The second kappa shape index (κ2) is 5.17. The number of carbonyl (C=O) groups excluding carboxylic acids is 1. The molecule has 94 valence electrons. The molecule has 0 radical (unpaired) electrons. The van der Waals surface area contributed by atoms with Crippen molar-refractivity contribution in [3.05, 3.63) is 36.2 Å². The van der Waals surface area contributed by atoms with Gasteiger partial charge in [-0.3, -0.25) is 4.68 Å². The molecule has 2 aromatic rings. The number of amides is 2. The van der Waals surface area contributed by atoms with Crippen LogP contribution in [0.1, 0.15) is 5.69 Å². The molecule has 7 nitrogen and oxygen atoms in total. The van der Waals surface area contributed by atoms with Crippen molar-refractivity contribution in [2.75, 3.05) is 10.6 Å². The van der Waals surface area contributed by atoms with E-state index >= 15 is 0 Å². The lowest BCUT2D eigenvalue weighted by Crippen LogP contribution is -2.19. The van der Waals surface area contributed by atoms with E-state index in [4.69, 9.17) is 5.73 Å². The van der Waals surface area contributed by atoms with Crippen LogP contribution in [0.4, 0.5) is 16.2 Å². The van der Waals surface area contributed by atoms with Gasteiger partial charge < -0.3 is 16.4 Å². The zero-order chi connectivity index (χ0) is 13.0. The second-order valence-corrected chi connectivity index (χ2v) is 3.77. The quantitative estimate of drug-likeness (QED) is 0.747. The van der Waals surface area contributed by atoms with Gasteiger partial charge in [0, 0.05) is 18.4 Å². The summed E-state index contributed by atoms with van der Waals surface area (Å²) in [4.78, 5) is 10.7. The predicted molar refractivity (Wildman–Crippen MR) is 68.0 cm³/mol. The highest BCUT2D eigenvalue weighted by Gasteiger charge is 2.01. The van der Waals surface area contributed by atoms with Gasteiger partial charge in [-0.25, -0.2) is 4.79 Å². The summed E-state index contributed by atoms with van der Waals surface area (Å²) in [5.74, 6) is 0. The summed E-state index contributed by atoms with van der Waals surface area (Å²) >= 11 is 0. The highest BCUT2D eigenvalue weighted by Crippen LogP contribution is 2.15. The van der Waals surface area contributed by atoms with E-state index in [9.17, 15) is 4.79 Å². The first kappa shape index (κ1) is 11.9. The normalized spacial score (nSPS) is 10.1.